The Bertz CT molecular complexity index is 1070. The molecule has 1 saturated carbocycles. The topological polar surface area (TPSA) is 42.3 Å². The summed E-state index contributed by atoms with van der Waals surface area (Å²) in [5.74, 6) is 0.869. The molecule has 1 N–H and O–H groups in total. The lowest BCUT2D eigenvalue weighted by Crippen LogP contribution is -2.29. The van der Waals surface area contributed by atoms with Crippen LogP contribution in [0.1, 0.15) is 75.3 Å². The van der Waals surface area contributed by atoms with Crippen LogP contribution in [0.15, 0.2) is 67.1 Å². The average Bonchev–Trinajstić information content (AvgIpc) is 3.45. The van der Waals surface area contributed by atoms with E-state index < -0.39 is 0 Å². The van der Waals surface area contributed by atoms with Gasteiger partial charge in [-0.2, -0.15) is 0 Å². The van der Waals surface area contributed by atoms with Gasteiger partial charge in [0.15, 0.2) is 5.11 Å². The van der Waals surface area contributed by atoms with Gasteiger partial charge >= 0.3 is 0 Å². The number of thiocarbonyl (C=S) groups is 1. The molecule has 2 unspecified atom stereocenters. The fourth-order valence-corrected chi connectivity index (χ4v) is 5.49. The van der Waals surface area contributed by atoms with E-state index in [1.54, 1.807) is 0 Å². The first-order valence-corrected chi connectivity index (χ1v) is 12.5. The first-order valence-electron chi connectivity index (χ1n) is 12.0. The monoisotopic (exact) mass is 460 g/mol. The average molecular weight is 461 g/mol. The van der Waals surface area contributed by atoms with Gasteiger partial charge in [0.25, 0.3) is 0 Å². The molecule has 33 heavy (non-hydrogen) atoms. The van der Waals surface area contributed by atoms with E-state index in [0.717, 1.165) is 22.2 Å². The number of hydrogen-bond donors (Lipinski definition) is 1. The predicted molar refractivity (Wildman–Crippen MR) is 137 cm³/mol. The van der Waals surface area contributed by atoms with Crippen molar-refractivity contribution >= 4 is 23.0 Å². The largest absolute Gasteiger partial charge is 0.491 e. The molecule has 5 rings (SSSR count). The smallest absolute Gasteiger partial charge is 0.174 e. The Morgan fingerprint density at radius 3 is 2.52 bits per heavy atom. The number of nitrogens with zero attached hydrogens (tertiary/aromatic N) is 3. The predicted octanol–water partition coefficient (Wildman–Crippen LogP) is 6.35. The van der Waals surface area contributed by atoms with Gasteiger partial charge in [0.1, 0.15) is 5.75 Å². The summed E-state index contributed by atoms with van der Waals surface area (Å²) in [6.07, 6.45) is 13.1. The maximum Gasteiger partial charge on any atom is 0.174 e. The standard InChI is InChI=1S/C27H32N4OS/c1-19(2)32-23-13-11-22(12-14-23)31-26(25(29-27(31)33)24-10-6-7-16-28-24)20-15-17-30(18-20)21-8-4-3-5-9-21/h6-7,10-19,21,25-26H,3-5,8-9H2,1-2H3,(H,29,33). The number of nitrogens with one attached hydrogen (secondary N) is 1. The third-order valence-corrected chi connectivity index (χ3v) is 6.97. The molecule has 2 atom stereocenters. The van der Waals surface area contributed by atoms with Crippen LogP contribution >= 0.6 is 12.2 Å². The van der Waals surface area contributed by atoms with Crippen molar-refractivity contribution in [1.82, 2.24) is 14.9 Å². The Hall–Kier alpha value is -2.86. The van der Waals surface area contributed by atoms with Gasteiger partial charge < -0.3 is 19.5 Å². The summed E-state index contributed by atoms with van der Waals surface area (Å²) in [6, 6.07) is 17.2. The highest BCUT2D eigenvalue weighted by Crippen LogP contribution is 2.42. The lowest BCUT2D eigenvalue weighted by molar-refractivity contribution is 0.242. The summed E-state index contributed by atoms with van der Waals surface area (Å²) in [5, 5.41) is 4.28. The van der Waals surface area contributed by atoms with Gasteiger partial charge in [0, 0.05) is 30.3 Å². The van der Waals surface area contributed by atoms with Crippen LogP contribution in [0.4, 0.5) is 5.69 Å². The second kappa shape index (κ2) is 9.56. The van der Waals surface area contributed by atoms with Gasteiger partial charge in [-0.25, -0.2) is 0 Å². The number of ether oxygens (including phenoxy) is 1. The van der Waals surface area contributed by atoms with Crippen LogP contribution in [-0.2, 0) is 0 Å². The van der Waals surface area contributed by atoms with E-state index in [1.807, 2.05) is 44.3 Å². The summed E-state index contributed by atoms with van der Waals surface area (Å²) in [5.41, 5.74) is 3.31. The molecule has 2 aliphatic rings. The molecule has 2 aromatic heterocycles. The second-order valence-electron chi connectivity index (χ2n) is 9.34. The van der Waals surface area contributed by atoms with Crippen molar-refractivity contribution in [3.05, 3.63) is 78.4 Å². The van der Waals surface area contributed by atoms with Gasteiger partial charge in [-0.3, -0.25) is 4.98 Å². The van der Waals surface area contributed by atoms with Crippen LogP contribution in [0, 0.1) is 0 Å². The van der Waals surface area contributed by atoms with E-state index in [2.05, 4.69) is 56.4 Å². The fraction of sp³-hybridized carbons (Fsp3) is 0.407. The lowest BCUT2D eigenvalue weighted by Gasteiger charge is -2.28. The highest BCUT2D eigenvalue weighted by atomic mass is 32.1. The number of anilines is 1. The van der Waals surface area contributed by atoms with Crippen molar-refractivity contribution in [2.75, 3.05) is 4.90 Å². The second-order valence-corrected chi connectivity index (χ2v) is 9.73. The van der Waals surface area contributed by atoms with Crippen LogP contribution in [0.5, 0.6) is 5.75 Å². The van der Waals surface area contributed by atoms with Crippen molar-refractivity contribution in [3.8, 4) is 5.75 Å². The maximum absolute atomic E-state index is 5.86. The summed E-state index contributed by atoms with van der Waals surface area (Å²) in [7, 11) is 0. The quantitative estimate of drug-likeness (QED) is 0.434. The van der Waals surface area contributed by atoms with Crippen LogP contribution in [0.3, 0.4) is 0 Å². The SMILES string of the molecule is CC(C)Oc1ccc(N2C(=S)NC(c3ccccn3)C2c2ccn(C3CCCCC3)c2)cc1. The zero-order valence-electron chi connectivity index (χ0n) is 19.4. The summed E-state index contributed by atoms with van der Waals surface area (Å²) in [6.45, 7) is 4.08. The van der Waals surface area contributed by atoms with Gasteiger partial charge in [-0.1, -0.05) is 25.3 Å². The number of pyridine rings is 1. The molecule has 1 saturated heterocycles. The molecule has 6 heteroatoms. The minimum absolute atomic E-state index is 0.0208. The molecule has 5 nitrogen and oxygen atoms in total. The van der Waals surface area contributed by atoms with E-state index in [4.69, 9.17) is 17.0 Å². The number of rotatable bonds is 6. The molecule has 3 aromatic rings. The summed E-state index contributed by atoms with van der Waals surface area (Å²) < 4.78 is 8.27. The first-order chi connectivity index (χ1) is 16.1. The minimum atomic E-state index is -0.0208. The van der Waals surface area contributed by atoms with Crippen LogP contribution in [0.2, 0.25) is 0 Å². The van der Waals surface area contributed by atoms with Crippen LogP contribution in [-0.4, -0.2) is 20.8 Å². The summed E-state index contributed by atoms with van der Waals surface area (Å²) >= 11 is 5.86. The van der Waals surface area contributed by atoms with E-state index in [9.17, 15) is 0 Å². The lowest BCUT2D eigenvalue weighted by atomic mass is 9.95. The Balaban J connectivity index is 1.50. The molecule has 1 aromatic carbocycles. The van der Waals surface area contributed by atoms with Crippen molar-refractivity contribution in [2.45, 2.75) is 70.2 Å². The zero-order chi connectivity index (χ0) is 22.8. The number of benzene rings is 1. The molecular weight excluding hydrogens is 428 g/mol. The van der Waals surface area contributed by atoms with Crippen molar-refractivity contribution in [3.63, 3.8) is 0 Å². The molecule has 172 valence electrons. The van der Waals surface area contributed by atoms with Gasteiger partial charge in [-0.05, 0) is 86.9 Å². The third kappa shape index (κ3) is 4.62. The van der Waals surface area contributed by atoms with E-state index in [0.29, 0.717) is 6.04 Å². The molecular formula is C27H32N4OS. The Morgan fingerprint density at radius 2 is 1.82 bits per heavy atom. The normalized spacial score (nSPS) is 21.4. The third-order valence-electron chi connectivity index (χ3n) is 6.66. The van der Waals surface area contributed by atoms with Crippen LogP contribution < -0.4 is 15.0 Å². The van der Waals surface area contributed by atoms with Crippen LogP contribution in [0.25, 0.3) is 0 Å². The first kappa shape index (κ1) is 22.0. The van der Waals surface area contributed by atoms with Crippen molar-refractivity contribution in [2.24, 2.45) is 0 Å². The molecule has 1 aliphatic heterocycles. The zero-order valence-corrected chi connectivity index (χ0v) is 20.2. The maximum atomic E-state index is 5.86. The Kier molecular flexibility index (Phi) is 6.36. The van der Waals surface area contributed by atoms with E-state index in [1.165, 1.54) is 37.7 Å². The van der Waals surface area contributed by atoms with Gasteiger partial charge in [0.2, 0.25) is 0 Å². The minimum Gasteiger partial charge on any atom is -0.491 e. The number of hydrogen-bond acceptors (Lipinski definition) is 3. The van der Waals surface area contributed by atoms with Crippen molar-refractivity contribution < 1.29 is 4.74 Å². The Labute approximate surface area is 201 Å². The molecule has 0 spiro atoms. The number of aromatic nitrogens is 2. The van der Waals surface area contributed by atoms with Gasteiger partial charge in [0.05, 0.1) is 23.9 Å². The van der Waals surface area contributed by atoms with E-state index >= 15 is 0 Å². The van der Waals surface area contributed by atoms with E-state index in [-0.39, 0.29) is 18.2 Å². The molecule has 0 radical (unpaired) electrons. The van der Waals surface area contributed by atoms with Crippen molar-refractivity contribution in [1.29, 1.82) is 0 Å². The van der Waals surface area contributed by atoms with Gasteiger partial charge in [-0.15, -0.1) is 0 Å². The molecule has 0 amide bonds. The highest BCUT2D eigenvalue weighted by Gasteiger charge is 2.41. The molecule has 1 aliphatic carbocycles. The molecule has 2 fully saturated rings. The highest BCUT2D eigenvalue weighted by molar-refractivity contribution is 7.80. The fourth-order valence-electron chi connectivity index (χ4n) is 5.14. The molecule has 0 bridgehead atoms. The molecule has 3 heterocycles. The summed E-state index contributed by atoms with van der Waals surface area (Å²) in [4.78, 5) is 6.90. The Morgan fingerprint density at radius 1 is 1.03 bits per heavy atom.